The summed E-state index contributed by atoms with van der Waals surface area (Å²) < 4.78 is 5.50. The fourth-order valence-corrected chi connectivity index (χ4v) is 8.53. The molecule has 0 radical (unpaired) electrons. The topological polar surface area (TPSA) is 66.8 Å². The molecule has 4 rings (SSSR count). The molecule has 10 atom stereocenters. The molecule has 0 saturated heterocycles. The Kier molecular flexibility index (Phi) is 6.92. The number of esters is 1. The highest BCUT2D eigenvalue weighted by atomic mass is 16.5. The zero-order valence-electron chi connectivity index (χ0n) is 22.5. The second kappa shape index (κ2) is 9.07. The summed E-state index contributed by atoms with van der Waals surface area (Å²) in [6, 6.07) is 0. The smallest absolute Gasteiger partial charge is 0.302 e. The molecule has 7 unspecified atom stereocenters. The van der Waals surface area contributed by atoms with Crippen molar-refractivity contribution in [3.63, 3.8) is 0 Å². The highest BCUT2D eigenvalue weighted by molar-refractivity contribution is 5.66. The molecule has 0 spiro atoms. The van der Waals surface area contributed by atoms with Crippen LogP contribution in [0.4, 0.5) is 0 Å². The van der Waals surface area contributed by atoms with Crippen molar-refractivity contribution in [3.8, 4) is 0 Å². The standard InChI is InChI=1S/C30H48O4/c1-18(2)19(3)8-9-20(4)24-10-11-25-23-13-15-30(33)16-22(34-21(5)31)12-14-29(30,7)27(23)26(32)17-28(24,25)6/h8-9,13,18-20,22,24-27,32-33H,10-12,14-17H2,1-7H3/b9-8+/t19-,20+,22?,24?,25?,26?,27?,28?,29?,30+/m0/s1. The zero-order chi connectivity index (χ0) is 25.1. The summed E-state index contributed by atoms with van der Waals surface area (Å²) in [7, 11) is 0. The molecular formula is C30H48O4. The van der Waals surface area contributed by atoms with Crippen molar-refractivity contribution in [1.82, 2.24) is 0 Å². The van der Waals surface area contributed by atoms with E-state index >= 15 is 0 Å². The Morgan fingerprint density at radius 3 is 2.47 bits per heavy atom. The second-order valence-electron chi connectivity index (χ2n) is 13.2. The van der Waals surface area contributed by atoms with Crippen molar-refractivity contribution in [1.29, 1.82) is 0 Å². The van der Waals surface area contributed by atoms with Crippen molar-refractivity contribution in [2.75, 3.05) is 0 Å². The maximum Gasteiger partial charge on any atom is 0.302 e. The highest BCUT2D eigenvalue weighted by Crippen LogP contribution is 2.67. The van der Waals surface area contributed by atoms with E-state index in [0.717, 1.165) is 19.3 Å². The Balaban J connectivity index is 1.59. The van der Waals surface area contributed by atoms with Gasteiger partial charge >= 0.3 is 5.97 Å². The van der Waals surface area contributed by atoms with Gasteiger partial charge in [0.05, 0.1) is 11.7 Å². The quantitative estimate of drug-likeness (QED) is 0.377. The summed E-state index contributed by atoms with van der Waals surface area (Å²) in [6.07, 6.45) is 12.2. The third-order valence-corrected chi connectivity index (χ3v) is 10.9. The molecule has 0 aliphatic heterocycles. The number of allylic oxidation sites excluding steroid dienone is 2. The van der Waals surface area contributed by atoms with Crippen molar-refractivity contribution in [3.05, 3.63) is 23.8 Å². The summed E-state index contributed by atoms with van der Waals surface area (Å²) in [5.74, 6) is 2.49. The molecule has 0 amide bonds. The number of ether oxygens (including phenoxy) is 1. The predicted molar refractivity (Wildman–Crippen MR) is 136 cm³/mol. The summed E-state index contributed by atoms with van der Waals surface area (Å²) in [5, 5.41) is 23.5. The predicted octanol–water partition coefficient (Wildman–Crippen LogP) is 6.07. The lowest BCUT2D eigenvalue weighted by atomic mass is 9.45. The zero-order valence-corrected chi connectivity index (χ0v) is 22.5. The number of carbonyl (C=O) groups is 1. The van der Waals surface area contributed by atoms with Gasteiger partial charge < -0.3 is 14.9 Å². The molecule has 0 aromatic carbocycles. The number of aliphatic hydroxyl groups is 2. The van der Waals surface area contributed by atoms with E-state index in [9.17, 15) is 15.0 Å². The van der Waals surface area contributed by atoms with Gasteiger partial charge in [0, 0.05) is 24.7 Å². The van der Waals surface area contributed by atoms with Crippen LogP contribution in [0.15, 0.2) is 23.8 Å². The molecule has 3 saturated carbocycles. The largest absolute Gasteiger partial charge is 0.462 e. The fourth-order valence-electron chi connectivity index (χ4n) is 8.53. The third kappa shape index (κ3) is 4.11. The normalized spacial score (nSPS) is 45.8. The minimum atomic E-state index is -0.935. The molecule has 3 fully saturated rings. The van der Waals surface area contributed by atoms with E-state index in [2.05, 4.69) is 59.8 Å². The van der Waals surface area contributed by atoms with Gasteiger partial charge in [0.1, 0.15) is 6.10 Å². The van der Waals surface area contributed by atoms with Gasteiger partial charge in [-0.15, -0.1) is 0 Å². The van der Waals surface area contributed by atoms with E-state index in [-0.39, 0.29) is 28.8 Å². The van der Waals surface area contributed by atoms with Gasteiger partial charge in [-0.25, -0.2) is 0 Å². The molecule has 0 heterocycles. The van der Waals surface area contributed by atoms with Crippen LogP contribution in [0, 0.1) is 46.3 Å². The van der Waals surface area contributed by atoms with Gasteiger partial charge in [-0.1, -0.05) is 65.3 Å². The average molecular weight is 473 g/mol. The lowest BCUT2D eigenvalue weighted by Gasteiger charge is -2.62. The van der Waals surface area contributed by atoms with Gasteiger partial charge in [-0.3, -0.25) is 4.79 Å². The molecular weight excluding hydrogens is 424 g/mol. The molecule has 4 nitrogen and oxygen atoms in total. The van der Waals surface area contributed by atoms with Crippen LogP contribution in [0.25, 0.3) is 0 Å². The van der Waals surface area contributed by atoms with Crippen molar-refractivity contribution >= 4 is 5.97 Å². The van der Waals surface area contributed by atoms with Gasteiger partial charge in [-0.05, 0) is 73.5 Å². The molecule has 0 bridgehead atoms. The van der Waals surface area contributed by atoms with Gasteiger partial charge in [0.15, 0.2) is 0 Å². The van der Waals surface area contributed by atoms with Crippen LogP contribution < -0.4 is 0 Å². The third-order valence-electron chi connectivity index (χ3n) is 10.9. The van der Waals surface area contributed by atoms with Crippen LogP contribution in [0.2, 0.25) is 0 Å². The summed E-state index contributed by atoms with van der Waals surface area (Å²) in [5.41, 5.74) is 0.182. The first kappa shape index (κ1) is 25.9. The molecule has 2 N–H and O–H groups in total. The summed E-state index contributed by atoms with van der Waals surface area (Å²) in [4.78, 5) is 11.5. The molecule has 192 valence electrons. The average Bonchev–Trinajstić information content (AvgIpc) is 3.08. The fraction of sp³-hybridized carbons (Fsp3) is 0.833. The Morgan fingerprint density at radius 2 is 1.82 bits per heavy atom. The van der Waals surface area contributed by atoms with E-state index in [4.69, 9.17) is 4.74 Å². The van der Waals surface area contributed by atoms with E-state index < -0.39 is 11.7 Å². The Hall–Kier alpha value is -1.13. The number of fused-ring (bicyclic) bond motifs is 5. The Bertz CT molecular complexity index is 845. The SMILES string of the molecule is CC(=O)OC1CCC2(C)C3C(=CC[C@@]2(O)C1)C1CCC([C@H](C)/C=C/[C@H](C)C(C)C)C1(C)CC3O. The van der Waals surface area contributed by atoms with Gasteiger partial charge in [0.25, 0.3) is 0 Å². The second-order valence-corrected chi connectivity index (χ2v) is 13.2. The van der Waals surface area contributed by atoms with E-state index in [0.29, 0.717) is 42.4 Å². The number of hydrogen-bond donors (Lipinski definition) is 2. The lowest BCUT2D eigenvalue weighted by Crippen LogP contribution is -2.63. The van der Waals surface area contributed by atoms with Gasteiger partial charge in [0.2, 0.25) is 0 Å². The molecule has 0 aromatic rings. The molecule has 4 aliphatic carbocycles. The number of carbonyl (C=O) groups excluding carboxylic acids is 1. The van der Waals surface area contributed by atoms with Crippen LogP contribution in [0.1, 0.15) is 93.4 Å². The van der Waals surface area contributed by atoms with Crippen LogP contribution in [-0.2, 0) is 9.53 Å². The maximum absolute atomic E-state index is 11.8. The minimum Gasteiger partial charge on any atom is -0.462 e. The van der Waals surface area contributed by atoms with Crippen molar-refractivity contribution in [2.45, 2.75) is 111 Å². The summed E-state index contributed by atoms with van der Waals surface area (Å²) in [6.45, 7) is 15.3. The van der Waals surface area contributed by atoms with E-state index in [1.807, 2.05) is 0 Å². The molecule has 34 heavy (non-hydrogen) atoms. The number of hydrogen-bond acceptors (Lipinski definition) is 4. The molecule has 0 aromatic heterocycles. The number of rotatable bonds is 5. The lowest BCUT2D eigenvalue weighted by molar-refractivity contribution is -0.197. The van der Waals surface area contributed by atoms with Crippen molar-refractivity contribution in [2.24, 2.45) is 46.3 Å². The summed E-state index contributed by atoms with van der Waals surface area (Å²) >= 11 is 0. The van der Waals surface area contributed by atoms with E-state index in [1.54, 1.807) is 0 Å². The molecule has 4 heteroatoms. The first-order valence-electron chi connectivity index (χ1n) is 13.8. The maximum atomic E-state index is 11.8. The first-order valence-corrected chi connectivity index (χ1v) is 13.8. The van der Waals surface area contributed by atoms with E-state index in [1.165, 1.54) is 25.3 Å². The van der Waals surface area contributed by atoms with Crippen LogP contribution in [0.5, 0.6) is 0 Å². The van der Waals surface area contributed by atoms with Crippen LogP contribution in [-0.4, -0.2) is 34.0 Å². The Labute approximate surface area is 207 Å². The Morgan fingerprint density at radius 1 is 1.12 bits per heavy atom. The monoisotopic (exact) mass is 472 g/mol. The van der Waals surface area contributed by atoms with Crippen molar-refractivity contribution < 1.29 is 19.7 Å². The first-order chi connectivity index (χ1) is 15.8. The highest BCUT2D eigenvalue weighted by Gasteiger charge is 2.65. The van der Waals surface area contributed by atoms with Crippen LogP contribution >= 0.6 is 0 Å². The minimum absolute atomic E-state index is 0.00633. The number of aliphatic hydroxyl groups excluding tert-OH is 1. The van der Waals surface area contributed by atoms with Gasteiger partial charge in [-0.2, -0.15) is 0 Å². The van der Waals surface area contributed by atoms with Crippen LogP contribution in [0.3, 0.4) is 0 Å². The molecule has 4 aliphatic rings.